The Morgan fingerprint density at radius 2 is 2.17 bits per heavy atom. The molecule has 1 unspecified atom stereocenters. The van der Waals surface area contributed by atoms with Crippen LogP contribution in [0.25, 0.3) is 0 Å². The first-order chi connectivity index (χ1) is 5.47. The van der Waals surface area contributed by atoms with Gasteiger partial charge in [0, 0.05) is 19.3 Å². The van der Waals surface area contributed by atoms with E-state index in [0.29, 0.717) is 12.6 Å². The van der Waals surface area contributed by atoms with Gasteiger partial charge in [-0.05, 0) is 7.05 Å². The largest absolute Gasteiger partial charge is 0.372 e. The van der Waals surface area contributed by atoms with E-state index >= 15 is 0 Å². The standard InChI is InChI=1S/C7H15NO3S/c1-8(5-7-6-11-7)3-4-12(2,9)10/h7H,3-6H2,1-2H3. The Morgan fingerprint density at radius 3 is 2.58 bits per heavy atom. The lowest BCUT2D eigenvalue weighted by molar-refractivity contribution is 0.295. The zero-order chi connectivity index (χ0) is 9.19. The van der Waals surface area contributed by atoms with Crippen molar-refractivity contribution in [3.8, 4) is 0 Å². The Hall–Kier alpha value is -0.130. The Bertz CT molecular complexity index is 233. The number of rotatable bonds is 5. The maximum absolute atomic E-state index is 10.8. The molecule has 0 aromatic heterocycles. The zero-order valence-corrected chi connectivity index (χ0v) is 8.30. The molecule has 0 amide bonds. The fourth-order valence-corrected chi connectivity index (χ4v) is 1.58. The molecule has 0 N–H and O–H groups in total. The van der Waals surface area contributed by atoms with E-state index in [-0.39, 0.29) is 5.75 Å². The number of hydrogen-bond acceptors (Lipinski definition) is 4. The maximum Gasteiger partial charge on any atom is 0.148 e. The van der Waals surface area contributed by atoms with Crippen LogP contribution in [0, 0.1) is 0 Å². The molecule has 4 nitrogen and oxygen atoms in total. The molecule has 0 bridgehead atoms. The summed E-state index contributed by atoms with van der Waals surface area (Å²) in [5, 5.41) is 0. The molecule has 1 aliphatic rings. The van der Waals surface area contributed by atoms with Crippen molar-refractivity contribution in [3.05, 3.63) is 0 Å². The van der Waals surface area contributed by atoms with Gasteiger partial charge < -0.3 is 9.64 Å². The van der Waals surface area contributed by atoms with E-state index < -0.39 is 9.84 Å². The summed E-state index contributed by atoms with van der Waals surface area (Å²) in [6.45, 7) is 2.26. The molecule has 1 aliphatic heterocycles. The minimum atomic E-state index is -2.82. The Kier molecular flexibility index (Phi) is 3.09. The number of likely N-dealkylation sites (N-methyl/N-ethyl adjacent to an activating group) is 1. The minimum Gasteiger partial charge on any atom is -0.372 e. The molecule has 0 aromatic rings. The molecule has 0 aliphatic carbocycles. The predicted molar refractivity (Wildman–Crippen MR) is 46.9 cm³/mol. The van der Waals surface area contributed by atoms with Gasteiger partial charge >= 0.3 is 0 Å². The number of sulfone groups is 1. The number of hydrogen-bond donors (Lipinski definition) is 0. The molecule has 1 atom stereocenters. The van der Waals surface area contributed by atoms with Gasteiger partial charge in [0.05, 0.1) is 18.5 Å². The van der Waals surface area contributed by atoms with Crippen LogP contribution < -0.4 is 0 Å². The van der Waals surface area contributed by atoms with Crippen LogP contribution in [0.4, 0.5) is 0 Å². The van der Waals surface area contributed by atoms with E-state index in [2.05, 4.69) is 0 Å². The van der Waals surface area contributed by atoms with Gasteiger partial charge in [0.25, 0.3) is 0 Å². The van der Waals surface area contributed by atoms with Crippen LogP contribution in [0.15, 0.2) is 0 Å². The first-order valence-electron chi connectivity index (χ1n) is 3.95. The van der Waals surface area contributed by atoms with E-state index in [9.17, 15) is 8.42 Å². The van der Waals surface area contributed by atoms with Crippen LogP contribution in [0.1, 0.15) is 0 Å². The Morgan fingerprint density at radius 1 is 1.58 bits per heavy atom. The molecular weight excluding hydrogens is 178 g/mol. The molecule has 0 saturated carbocycles. The van der Waals surface area contributed by atoms with Crippen LogP contribution in [0.5, 0.6) is 0 Å². The Balaban J connectivity index is 2.12. The summed E-state index contributed by atoms with van der Waals surface area (Å²) in [6, 6.07) is 0. The lowest BCUT2D eigenvalue weighted by atomic mass is 10.4. The van der Waals surface area contributed by atoms with Crippen molar-refractivity contribution in [2.45, 2.75) is 6.10 Å². The minimum absolute atomic E-state index is 0.232. The lowest BCUT2D eigenvalue weighted by Crippen LogP contribution is -2.28. The first kappa shape index (κ1) is 9.95. The van der Waals surface area contributed by atoms with E-state index in [1.807, 2.05) is 11.9 Å². The molecule has 12 heavy (non-hydrogen) atoms. The first-order valence-corrected chi connectivity index (χ1v) is 6.01. The highest BCUT2D eigenvalue weighted by Gasteiger charge is 2.23. The SMILES string of the molecule is CN(CCS(C)(=O)=O)CC1CO1. The summed E-state index contributed by atoms with van der Waals surface area (Å²) in [5.74, 6) is 0.232. The van der Waals surface area contributed by atoms with Crippen molar-refractivity contribution in [3.63, 3.8) is 0 Å². The molecule has 72 valence electrons. The second kappa shape index (κ2) is 3.72. The highest BCUT2D eigenvalue weighted by Crippen LogP contribution is 2.09. The zero-order valence-electron chi connectivity index (χ0n) is 7.49. The highest BCUT2D eigenvalue weighted by atomic mass is 32.2. The van der Waals surface area contributed by atoms with Crippen molar-refractivity contribution in [1.29, 1.82) is 0 Å². The van der Waals surface area contributed by atoms with Crippen molar-refractivity contribution in [1.82, 2.24) is 4.90 Å². The molecule has 1 heterocycles. The smallest absolute Gasteiger partial charge is 0.148 e. The average Bonchev–Trinajstić information content (AvgIpc) is 2.66. The molecular formula is C7H15NO3S. The van der Waals surface area contributed by atoms with E-state index in [1.54, 1.807) is 0 Å². The van der Waals surface area contributed by atoms with Gasteiger partial charge in [-0.2, -0.15) is 0 Å². The fraction of sp³-hybridized carbons (Fsp3) is 1.00. The van der Waals surface area contributed by atoms with Crippen LogP contribution in [-0.2, 0) is 14.6 Å². The number of ether oxygens (including phenoxy) is 1. The quantitative estimate of drug-likeness (QED) is 0.545. The molecule has 1 fully saturated rings. The molecule has 0 spiro atoms. The van der Waals surface area contributed by atoms with Gasteiger partial charge in [-0.25, -0.2) is 8.42 Å². The summed E-state index contributed by atoms with van der Waals surface area (Å²) in [4.78, 5) is 1.98. The van der Waals surface area contributed by atoms with Crippen molar-refractivity contribution in [2.75, 3.05) is 38.8 Å². The van der Waals surface area contributed by atoms with E-state index in [0.717, 1.165) is 13.2 Å². The molecule has 0 radical (unpaired) electrons. The van der Waals surface area contributed by atoms with Gasteiger partial charge in [0.15, 0.2) is 0 Å². The number of nitrogens with zero attached hydrogens (tertiary/aromatic N) is 1. The van der Waals surface area contributed by atoms with Crippen LogP contribution >= 0.6 is 0 Å². The predicted octanol–water partition coefficient (Wildman–Crippen LogP) is -0.638. The molecule has 0 aromatic carbocycles. The van der Waals surface area contributed by atoms with Crippen LogP contribution in [0.3, 0.4) is 0 Å². The summed E-state index contributed by atoms with van der Waals surface area (Å²) < 4.78 is 26.6. The number of epoxide rings is 1. The Labute approximate surface area is 73.4 Å². The summed E-state index contributed by atoms with van der Waals surface area (Å²) in [7, 11) is -0.907. The third-order valence-corrected chi connectivity index (χ3v) is 2.69. The lowest BCUT2D eigenvalue weighted by Gasteiger charge is -2.13. The van der Waals surface area contributed by atoms with E-state index in [1.165, 1.54) is 6.26 Å². The molecule has 5 heteroatoms. The third kappa shape index (κ3) is 4.69. The van der Waals surface area contributed by atoms with E-state index in [4.69, 9.17) is 4.74 Å². The monoisotopic (exact) mass is 193 g/mol. The molecule has 1 rings (SSSR count). The van der Waals surface area contributed by atoms with Crippen molar-refractivity contribution < 1.29 is 13.2 Å². The van der Waals surface area contributed by atoms with Gasteiger partial charge in [-0.1, -0.05) is 0 Å². The second-order valence-corrected chi connectivity index (χ2v) is 5.61. The van der Waals surface area contributed by atoms with Crippen LogP contribution in [0.2, 0.25) is 0 Å². The fourth-order valence-electron chi connectivity index (χ4n) is 0.934. The topological polar surface area (TPSA) is 49.9 Å². The third-order valence-electron chi connectivity index (χ3n) is 1.76. The van der Waals surface area contributed by atoms with Gasteiger partial charge in [0.1, 0.15) is 9.84 Å². The molecule has 1 saturated heterocycles. The second-order valence-electron chi connectivity index (χ2n) is 3.35. The normalized spacial score (nSPS) is 23.1. The van der Waals surface area contributed by atoms with Crippen molar-refractivity contribution in [2.24, 2.45) is 0 Å². The van der Waals surface area contributed by atoms with Crippen molar-refractivity contribution >= 4 is 9.84 Å². The summed E-state index contributed by atoms with van der Waals surface area (Å²) in [6.07, 6.45) is 1.60. The van der Waals surface area contributed by atoms with Gasteiger partial charge in [-0.15, -0.1) is 0 Å². The van der Waals surface area contributed by atoms with Gasteiger partial charge in [-0.3, -0.25) is 0 Å². The highest BCUT2D eigenvalue weighted by molar-refractivity contribution is 7.90. The van der Waals surface area contributed by atoms with Gasteiger partial charge in [0.2, 0.25) is 0 Å². The summed E-state index contributed by atoms with van der Waals surface area (Å²) in [5.41, 5.74) is 0. The maximum atomic E-state index is 10.8. The van der Waals surface area contributed by atoms with Crippen LogP contribution in [-0.4, -0.2) is 58.2 Å². The summed E-state index contributed by atoms with van der Waals surface area (Å²) >= 11 is 0. The average molecular weight is 193 g/mol.